The molecule has 1 atom stereocenters. The first-order valence-corrected chi connectivity index (χ1v) is 6.40. The van der Waals surface area contributed by atoms with Crippen molar-refractivity contribution in [3.63, 3.8) is 0 Å². The molecule has 0 fully saturated rings. The predicted octanol–water partition coefficient (Wildman–Crippen LogP) is 2.24. The molecule has 0 aliphatic carbocycles. The lowest BCUT2D eigenvalue weighted by molar-refractivity contribution is 0.525. The summed E-state index contributed by atoms with van der Waals surface area (Å²) >= 11 is 0. The number of nitrogens with two attached hydrogens (primary N) is 1. The van der Waals surface area contributed by atoms with Crippen molar-refractivity contribution in [3.05, 3.63) is 47.3 Å². The SMILES string of the molecule is CCCn1nncc1C(N)Cc1ccc(C)cc1. The minimum absolute atomic E-state index is 0.0470. The van der Waals surface area contributed by atoms with E-state index in [1.807, 2.05) is 4.68 Å². The first-order chi connectivity index (χ1) is 8.70. The van der Waals surface area contributed by atoms with E-state index in [2.05, 4.69) is 48.4 Å². The quantitative estimate of drug-likeness (QED) is 0.877. The van der Waals surface area contributed by atoms with Gasteiger partial charge in [0, 0.05) is 6.54 Å². The van der Waals surface area contributed by atoms with Crippen LogP contribution in [0, 0.1) is 6.92 Å². The largest absolute Gasteiger partial charge is 0.322 e. The van der Waals surface area contributed by atoms with E-state index >= 15 is 0 Å². The van der Waals surface area contributed by atoms with Crippen LogP contribution in [-0.2, 0) is 13.0 Å². The Morgan fingerprint density at radius 3 is 2.67 bits per heavy atom. The van der Waals surface area contributed by atoms with Gasteiger partial charge in [0.05, 0.1) is 17.9 Å². The monoisotopic (exact) mass is 244 g/mol. The highest BCUT2D eigenvalue weighted by atomic mass is 15.4. The molecule has 4 heteroatoms. The lowest BCUT2D eigenvalue weighted by Crippen LogP contribution is -2.18. The van der Waals surface area contributed by atoms with Gasteiger partial charge in [-0.2, -0.15) is 0 Å². The summed E-state index contributed by atoms with van der Waals surface area (Å²) in [7, 11) is 0. The molecule has 2 aromatic rings. The van der Waals surface area contributed by atoms with Crippen LogP contribution in [0.4, 0.5) is 0 Å². The molecule has 0 spiro atoms. The molecular weight excluding hydrogens is 224 g/mol. The molecule has 0 saturated carbocycles. The smallest absolute Gasteiger partial charge is 0.0757 e. The normalized spacial score (nSPS) is 12.6. The Labute approximate surface area is 108 Å². The molecule has 0 aliphatic rings. The molecule has 1 aromatic carbocycles. The summed E-state index contributed by atoms with van der Waals surface area (Å²) in [6.45, 7) is 5.08. The molecule has 1 unspecified atom stereocenters. The summed E-state index contributed by atoms with van der Waals surface area (Å²) in [6, 6.07) is 8.44. The zero-order chi connectivity index (χ0) is 13.0. The van der Waals surface area contributed by atoms with Gasteiger partial charge >= 0.3 is 0 Å². The van der Waals surface area contributed by atoms with Gasteiger partial charge in [0.1, 0.15) is 0 Å². The van der Waals surface area contributed by atoms with Crippen molar-refractivity contribution in [2.24, 2.45) is 5.73 Å². The van der Waals surface area contributed by atoms with Gasteiger partial charge in [0.15, 0.2) is 0 Å². The Balaban J connectivity index is 2.09. The first-order valence-electron chi connectivity index (χ1n) is 6.40. The van der Waals surface area contributed by atoms with Crippen molar-refractivity contribution in [1.29, 1.82) is 0 Å². The lowest BCUT2D eigenvalue weighted by Gasteiger charge is -2.13. The van der Waals surface area contributed by atoms with Crippen molar-refractivity contribution >= 4 is 0 Å². The average Bonchev–Trinajstić information content (AvgIpc) is 2.81. The predicted molar refractivity (Wildman–Crippen MR) is 72.1 cm³/mol. The number of aryl methyl sites for hydroxylation is 2. The van der Waals surface area contributed by atoms with E-state index in [4.69, 9.17) is 5.73 Å². The zero-order valence-electron chi connectivity index (χ0n) is 11.0. The van der Waals surface area contributed by atoms with Gasteiger partial charge < -0.3 is 5.73 Å². The summed E-state index contributed by atoms with van der Waals surface area (Å²) in [6.07, 6.45) is 3.62. The summed E-state index contributed by atoms with van der Waals surface area (Å²) in [5.74, 6) is 0. The molecule has 0 aliphatic heterocycles. The number of rotatable bonds is 5. The summed E-state index contributed by atoms with van der Waals surface area (Å²) in [5, 5.41) is 8.02. The van der Waals surface area contributed by atoms with Gasteiger partial charge in [-0.1, -0.05) is 42.0 Å². The highest BCUT2D eigenvalue weighted by Crippen LogP contribution is 2.15. The van der Waals surface area contributed by atoms with Crippen LogP contribution in [0.25, 0.3) is 0 Å². The average molecular weight is 244 g/mol. The molecule has 0 saturated heterocycles. The summed E-state index contributed by atoms with van der Waals surface area (Å²) in [4.78, 5) is 0. The lowest BCUT2D eigenvalue weighted by atomic mass is 10.0. The van der Waals surface area contributed by atoms with Gasteiger partial charge in [-0.05, 0) is 25.3 Å². The van der Waals surface area contributed by atoms with E-state index in [1.165, 1.54) is 11.1 Å². The maximum absolute atomic E-state index is 6.24. The molecule has 0 amide bonds. The molecular formula is C14H20N4. The number of aromatic nitrogens is 3. The van der Waals surface area contributed by atoms with Crippen LogP contribution in [0.2, 0.25) is 0 Å². The topological polar surface area (TPSA) is 56.7 Å². The Morgan fingerprint density at radius 1 is 1.28 bits per heavy atom. The van der Waals surface area contributed by atoms with E-state index in [1.54, 1.807) is 6.20 Å². The van der Waals surface area contributed by atoms with E-state index in [0.29, 0.717) is 0 Å². The number of benzene rings is 1. The maximum Gasteiger partial charge on any atom is 0.0757 e. The van der Waals surface area contributed by atoms with Crippen molar-refractivity contribution in [3.8, 4) is 0 Å². The van der Waals surface area contributed by atoms with Gasteiger partial charge in [-0.3, -0.25) is 0 Å². The summed E-state index contributed by atoms with van der Waals surface area (Å²) in [5.41, 5.74) is 9.77. The van der Waals surface area contributed by atoms with E-state index < -0.39 is 0 Å². The number of hydrogen-bond acceptors (Lipinski definition) is 3. The molecule has 2 rings (SSSR count). The standard InChI is InChI=1S/C14H20N4/c1-3-8-18-14(10-16-17-18)13(15)9-12-6-4-11(2)5-7-12/h4-7,10,13H,3,8-9,15H2,1-2H3. The molecule has 1 aromatic heterocycles. The second kappa shape index (κ2) is 5.78. The maximum atomic E-state index is 6.24. The van der Waals surface area contributed by atoms with Crippen LogP contribution in [0.15, 0.2) is 30.5 Å². The molecule has 2 N–H and O–H groups in total. The third kappa shape index (κ3) is 2.96. The molecule has 1 heterocycles. The Morgan fingerprint density at radius 2 is 2.00 bits per heavy atom. The fraction of sp³-hybridized carbons (Fsp3) is 0.429. The van der Waals surface area contributed by atoms with Gasteiger partial charge in [-0.25, -0.2) is 4.68 Å². The van der Waals surface area contributed by atoms with Crippen LogP contribution in [0.1, 0.15) is 36.2 Å². The highest BCUT2D eigenvalue weighted by molar-refractivity contribution is 5.23. The molecule has 0 bridgehead atoms. The van der Waals surface area contributed by atoms with Crippen molar-refractivity contribution in [2.45, 2.75) is 39.3 Å². The van der Waals surface area contributed by atoms with Gasteiger partial charge in [-0.15, -0.1) is 5.10 Å². The minimum Gasteiger partial charge on any atom is -0.322 e. The van der Waals surface area contributed by atoms with Gasteiger partial charge in [0.2, 0.25) is 0 Å². The fourth-order valence-corrected chi connectivity index (χ4v) is 2.02. The van der Waals surface area contributed by atoms with E-state index in [-0.39, 0.29) is 6.04 Å². The summed E-state index contributed by atoms with van der Waals surface area (Å²) < 4.78 is 1.90. The molecule has 96 valence electrons. The van der Waals surface area contributed by atoms with Crippen LogP contribution < -0.4 is 5.73 Å². The third-order valence-electron chi connectivity index (χ3n) is 3.04. The van der Waals surface area contributed by atoms with E-state index in [9.17, 15) is 0 Å². The Hall–Kier alpha value is -1.68. The van der Waals surface area contributed by atoms with E-state index in [0.717, 1.165) is 25.1 Å². The molecule has 0 radical (unpaired) electrons. The highest BCUT2D eigenvalue weighted by Gasteiger charge is 2.13. The van der Waals surface area contributed by atoms with Crippen molar-refractivity contribution < 1.29 is 0 Å². The van der Waals surface area contributed by atoms with Crippen molar-refractivity contribution in [2.75, 3.05) is 0 Å². The van der Waals surface area contributed by atoms with Crippen LogP contribution in [0.3, 0.4) is 0 Å². The van der Waals surface area contributed by atoms with Crippen molar-refractivity contribution in [1.82, 2.24) is 15.0 Å². The van der Waals surface area contributed by atoms with Gasteiger partial charge in [0.25, 0.3) is 0 Å². The molecule has 4 nitrogen and oxygen atoms in total. The first kappa shape index (κ1) is 12.8. The number of nitrogens with zero attached hydrogens (tertiary/aromatic N) is 3. The van der Waals surface area contributed by atoms with Crippen LogP contribution >= 0.6 is 0 Å². The second-order valence-electron chi connectivity index (χ2n) is 4.68. The fourth-order valence-electron chi connectivity index (χ4n) is 2.02. The zero-order valence-corrected chi connectivity index (χ0v) is 11.0. The van der Waals surface area contributed by atoms with Crippen LogP contribution in [0.5, 0.6) is 0 Å². The third-order valence-corrected chi connectivity index (χ3v) is 3.04. The Kier molecular flexibility index (Phi) is 4.10. The minimum atomic E-state index is -0.0470. The number of hydrogen-bond donors (Lipinski definition) is 1. The second-order valence-corrected chi connectivity index (χ2v) is 4.68. The molecule has 18 heavy (non-hydrogen) atoms. The van der Waals surface area contributed by atoms with Crippen LogP contribution in [-0.4, -0.2) is 15.0 Å². The Bertz CT molecular complexity index is 487.